The zero-order valence-corrected chi connectivity index (χ0v) is 16.2. The molecule has 3 rings (SSSR count). The number of benzene rings is 1. The number of piperidine rings is 1. The van der Waals surface area contributed by atoms with Crippen LogP contribution in [0.25, 0.3) is 0 Å². The Bertz CT molecular complexity index is 845. The summed E-state index contributed by atoms with van der Waals surface area (Å²) >= 11 is 0. The third-order valence-corrected chi connectivity index (χ3v) is 5.51. The van der Waals surface area contributed by atoms with E-state index in [-0.39, 0.29) is 11.8 Å². The molecule has 2 heterocycles. The number of amides is 1. The van der Waals surface area contributed by atoms with Crippen LogP contribution in [0.2, 0.25) is 0 Å². The first kappa shape index (κ1) is 20.4. The van der Waals surface area contributed by atoms with Crippen molar-refractivity contribution >= 4 is 5.91 Å². The van der Waals surface area contributed by atoms with E-state index in [0.29, 0.717) is 37.2 Å². The maximum atomic E-state index is 13.9. The maximum Gasteiger partial charge on any atom is 0.248 e. The van der Waals surface area contributed by atoms with Gasteiger partial charge in [0.05, 0.1) is 11.8 Å². The minimum Gasteiger partial charge on any atom is -0.385 e. The van der Waals surface area contributed by atoms with Crippen molar-refractivity contribution in [2.45, 2.75) is 17.9 Å². The van der Waals surface area contributed by atoms with Crippen LogP contribution in [0.3, 0.4) is 0 Å². The number of aromatic nitrogens is 1. The van der Waals surface area contributed by atoms with Crippen molar-refractivity contribution in [3.8, 4) is 0 Å². The lowest BCUT2D eigenvalue weighted by Crippen LogP contribution is -2.52. The van der Waals surface area contributed by atoms with Gasteiger partial charge < -0.3 is 21.1 Å². The minimum absolute atomic E-state index is 0.159. The van der Waals surface area contributed by atoms with Gasteiger partial charge in [0.15, 0.2) is 0 Å². The van der Waals surface area contributed by atoms with Gasteiger partial charge in [-0.2, -0.15) is 0 Å². The van der Waals surface area contributed by atoms with E-state index < -0.39 is 17.3 Å². The Hall–Kier alpha value is -2.35. The number of nitrogens with zero attached hydrogens (tertiary/aromatic N) is 2. The first-order chi connectivity index (χ1) is 13.3. The first-order valence-corrected chi connectivity index (χ1v) is 9.40. The Morgan fingerprint density at radius 3 is 2.89 bits per heavy atom. The average Bonchev–Trinajstić information content (AvgIpc) is 2.66. The summed E-state index contributed by atoms with van der Waals surface area (Å²) in [6.07, 6.45) is 3.32. The summed E-state index contributed by atoms with van der Waals surface area (Å²) < 4.78 is 13.9. The van der Waals surface area contributed by atoms with Gasteiger partial charge in [-0.25, -0.2) is 4.39 Å². The fourth-order valence-corrected chi connectivity index (χ4v) is 4.16. The van der Waals surface area contributed by atoms with Crippen LogP contribution in [0.15, 0.2) is 42.7 Å². The van der Waals surface area contributed by atoms with E-state index in [9.17, 15) is 14.3 Å². The van der Waals surface area contributed by atoms with Crippen molar-refractivity contribution in [3.63, 3.8) is 0 Å². The predicted octanol–water partition coefficient (Wildman–Crippen LogP) is 1.46. The van der Waals surface area contributed by atoms with E-state index in [1.165, 1.54) is 12.3 Å². The summed E-state index contributed by atoms with van der Waals surface area (Å²) in [4.78, 5) is 17.7. The van der Waals surface area contributed by atoms with Crippen LogP contribution < -0.4 is 11.1 Å². The Morgan fingerprint density at radius 2 is 2.21 bits per heavy atom. The Labute approximate surface area is 164 Å². The van der Waals surface area contributed by atoms with Gasteiger partial charge in [0.25, 0.3) is 0 Å². The normalized spacial score (nSPS) is 23.5. The molecule has 1 aliphatic heterocycles. The van der Waals surface area contributed by atoms with E-state index >= 15 is 0 Å². The molecule has 1 aliphatic rings. The highest BCUT2D eigenvalue weighted by molar-refractivity contribution is 5.92. The summed E-state index contributed by atoms with van der Waals surface area (Å²) in [5.74, 6) is -1.33. The SMILES string of the molecule is CN(C)CC(c1cncc(F)c1)[C@H]1CNCC[C@]1(O)c1cccc(C(N)=O)c1. The molecule has 7 heteroatoms. The molecule has 1 saturated heterocycles. The quantitative estimate of drug-likeness (QED) is 0.699. The Kier molecular flexibility index (Phi) is 6.07. The van der Waals surface area contributed by atoms with E-state index in [1.54, 1.807) is 24.4 Å². The van der Waals surface area contributed by atoms with Crippen molar-refractivity contribution in [2.24, 2.45) is 11.7 Å². The fourth-order valence-electron chi connectivity index (χ4n) is 4.16. The van der Waals surface area contributed by atoms with Gasteiger partial charge in [-0.05, 0) is 56.4 Å². The number of hydrogen-bond acceptors (Lipinski definition) is 5. The molecule has 150 valence electrons. The zero-order chi connectivity index (χ0) is 20.3. The summed E-state index contributed by atoms with van der Waals surface area (Å²) in [6.45, 7) is 1.82. The molecule has 0 bridgehead atoms. The number of nitrogens with two attached hydrogens (primary N) is 1. The molecule has 4 N–H and O–H groups in total. The summed E-state index contributed by atoms with van der Waals surface area (Å²) in [5.41, 5.74) is 6.02. The second-order valence-corrected chi connectivity index (χ2v) is 7.74. The molecule has 0 saturated carbocycles. The average molecular weight is 386 g/mol. The third kappa shape index (κ3) is 4.22. The van der Waals surface area contributed by atoms with Gasteiger partial charge in [0.1, 0.15) is 5.82 Å². The second-order valence-electron chi connectivity index (χ2n) is 7.74. The number of rotatable bonds is 6. The molecule has 3 atom stereocenters. The number of halogens is 1. The van der Waals surface area contributed by atoms with Gasteiger partial charge >= 0.3 is 0 Å². The first-order valence-electron chi connectivity index (χ1n) is 9.40. The highest BCUT2D eigenvalue weighted by Crippen LogP contribution is 2.43. The molecule has 1 unspecified atom stereocenters. The summed E-state index contributed by atoms with van der Waals surface area (Å²) in [6, 6.07) is 8.34. The molecular weight excluding hydrogens is 359 g/mol. The van der Waals surface area contributed by atoms with Crippen LogP contribution >= 0.6 is 0 Å². The molecule has 28 heavy (non-hydrogen) atoms. The monoisotopic (exact) mass is 386 g/mol. The van der Waals surface area contributed by atoms with Gasteiger partial charge in [-0.15, -0.1) is 0 Å². The van der Waals surface area contributed by atoms with Gasteiger partial charge in [0.2, 0.25) is 5.91 Å². The number of nitrogens with one attached hydrogen (secondary N) is 1. The molecule has 1 amide bonds. The molecule has 0 aliphatic carbocycles. The van der Waals surface area contributed by atoms with Crippen LogP contribution in [0.4, 0.5) is 4.39 Å². The van der Waals surface area contributed by atoms with Crippen LogP contribution in [0.5, 0.6) is 0 Å². The number of hydrogen-bond donors (Lipinski definition) is 3. The van der Waals surface area contributed by atoms with E-state index in [1.807, 2.05) is 25.1 Å². The molecule has 1 aromatic carbocycles. The van der Waals surface area contributed by atoms with E-state index in [2.05, 4.69) is 10.3 Å². The minimum atomic E-state index is -1.18. The van der Waals surface area contributed by atoms with E-state index in [0.717, 1.165) is 5.56 Å². The lowest BCUT2D eigenvalue weighted by atomic mass is 9.68. The number of aliphatic hydroxyl groups is 1. The second kappa shape index (κ2) is 8.34. The summed E-state index contributed by atoms with van der Waals surface area (Å²) in [7, 11) is 3.89. The molecule has 1 fully saturated rings. The molecule has 1 aromatic heterocycles. The maximum absolute atomic E-state index is 13.9. The van der Waals surface area contributed by atoms with Crippen molar-refractivity contribution in [2.75, 3.05) is 33.7 Å². The topological polar surface area (TPSA) is 91.5 Å². The molecule has 0 spiro atoms. The highest BCUT2D eigenvalue weighted by atomic mass is 19.1. The van der Waals surface area contributed by atoms with Crippen molar-refractivity contribution in [3.05, 3.63) is 65.2 Å². The van der Waals surface area contributed by atoms with Crippen molar-refractivity contribution < 1.29 is 14.3 Å². The molecular formula is C21H27FN4O2. The zero-order valence-electron chi connectivity index (χ0n) is 16.2. The standard InChI is InChI=1S/C21H27FN4O2/c1-26(2)13-18(15-9-17(22)11-25-10-15)19-12-24-7-6-21(19,28)16-5-3-4-14(8-16)20(23)27/h3-5,8-11,18-19,24,28H,6-7,12-13H2,1-2H3,(H2,23,27)/t18?,19-,21+/m1/s1. The highest BCUT2D eigenvalue weighted by Gasteiger charge is 2.45. The number of carbonyl (C=O) groups is 1. The Balaban J connectivity index is 2.06. The molecule has 6 nitrogen and oxygen atoms in total. The van der Waals surface area contributed by atoms with Crippen LogP contribution in [-0.4, -0.2) is 54.6 Å². The number of primary amides is 1. The smallest absolute Gasteiger partial charge is 0.248 e. The number of carbonyl (C=O) groups excluding carboxylic acids is 1. The van der Waals surface area contributed by atoms with Crippen molar-refractivity contribution in [1.82, 2.24) is 15.2 Å². The summed E-state index contributed by atoms with van der Waals surface area (Å²) in [5, 5.41) is 15.1. The fraction of sp³-hybridized carbons (Fsp3) is 0.429. The molecule has 0 radical (unpaired) electrons. The number of pyridine rings is 1. The molecule has 2 aromatic rings. The van der Waals surface area contributed by atoms with Crippen LogP contribution in [0.1, 0.15) is 33.8 Å². The number of likely N-dealkylation sites (N-methyl/N-ethyl adjacent to an activating group) is 1. The predicted molar refractivity (Wildman–Crippen MR) is 105 cm³/mol. The van der Waals surface area contributed by atoms with Gasteiger partial charge in [-0.1, -0.05) is 12.1 Å². The van der Waals surface area contributed by atoms with Crippen molar-refractivity contribution in [1.29, 1.82) is 0 Å². The lowest BCUT2D eigenvalue weighted by Gasteiger charge is -2.45. The van der Waals surface area contributed by atoms with Gasteiger partial charge in [-0.3, -0.25) is 9.78 Å². The van der Waals surface area contributed by atoms with Crippen LogP contribution in [0, 0.1) is 11.7 Å². The third-order valence-electron chi connectivity index (χ3n) is 5.51. The van der Waals surface area contributed by atoms with E-state index in [4.69, 9.17) is 5.73 Å². The Morgan fingerprint density at radius 1 is 1.43 bits per heavy atom. The largest absolute Gasteiger partial charge is 0.385 e. The lowest BCUT2D eigenvalue weighted by molar-refractivity contribution is -0.0596. The van der Waals surface area contributed by atoms with Crippen LogP contribution in [-0.2, 0) is 5.60 Å². The van der Waals surface area contributed by atoms with Gasteiger partial charge in [0, 0.05) is 36.7 Å².